The van der Waals surface area contributed by atoms with Crippen LogP contribution in [0.15, 0.2) is 127 Å². The van der Waals surface area contributed by atoms with Gasteiger partial charge >= 0.3 is 0 Å². The van der Waals surface area contributed by atoms with E-state index in [1.807, 2.05) is 27.7 Å². The summed E-state index contributed by atoms with van der Waals surface area (Å²) in [5.74, 6) is 0.342. The molecule has 0 N–H and O–H groups in total. The van der Waals surface area contributed by atoms with Crippen molar-refractivity contribution in [2.24, 2.45) is 0 Å². The third kappa shape index (κ3) is 4.30. The Morgan fingerprint density at radius 1 is 0.514 bits per heavy atom. The van der Waals surface area contributed by atoms with Crippen molar-refractivity contribution in [2.45, 2.75) is 45.4 Å². The summed E-state index contributed by atoms with van der Waals surface area (Å²) >= 11 is 0. The van der Waals surface area contributed by atoms with Crippen molar-refractivity contribution in [3.05, 3.63) is 155 Å². The van der Waals surface area contributed by atoms with Crippen LogP contribution in [0.2, 0.25) is 0 Å². The molecule has 1 aliphatic rings. The topological polar surface area (TPSA) is 0 Å². The molecule has 35 heavy (non-hydrogen) atoms. The fourth-order valence-corrected chi connectivity index (χ4v) is 5.71. The van der Waals surface area contributed by atoms with Gasteiger partial charge in [-0.25, -0.2) is 0 Å². The summed E-state index contributed by atoms with van der Waals surface area (Å²) in [4.78, 5) is 0. The average molecular weight is 457 g/mol. The van der Waals surface area contributed by atoms with Gasteiger partial charge in [-0.3, -0.25) is 0 Å². The lowest BCUT2D eigenvalue weighted by Crippen LogP contribution is -2.33. The Balaban J connectivity index is 0.000000689. The van der Waals surface area contributed by atoms with E-state index in [0.29, 0.717) is 5.92 Å². The number of hydrogen-bond acceptors (Lipinski definition) is 0. The Hall–Kier alpha value is -3.64. The van der Waals surface area contributed by atoms with Gasteiger partial charge in [0, 0.05) is 5.92 Å². The van der Waals surface area contributed by atoms with Crippen LogP contribution in [0, 0.1) is 0 Å². The molecule has 1 aliphatic carbocycles. The van der Waals surface area contributed by atoms with E-state index in [9.17, 15) is 0 Å². The van der Waals surface area contributed by atoms with Crippen LogP contribution in [0.5, 0.6) is 0 Å². The Morgan fingerprint density at radius 3 is 1.80 bits per heavy atom. The fraction of sp³-hybridized carbons (Fsp3) is 0.200. The highest BCUT2D eigenvalue weighted by molar-refractivity contribution is 5.84. The maximum absolute atomic E-state index is 2.42. The van der Waals surface area contributed by atoms with E-state index >= 15 is 0 Å². The minimum absolute atomic E-state index is 0.219. The van der Waals surface area contributed by atoms with Gasteiger partial charge in [-0.05, 0) is 51.1 Å². The van der Waals surface area contributed by atoms with Crippen molar-refractivity contribution in [2.75, 3.05) is 0 Å². The first kappa shape index (κ1) is 24.5. The standard InChI is InChI=1S/C31H24.2C2H6/c1-3-12-24(13-4-1)30-22-26-15-9-10-18-29(26)31(30,27-16-5-2-6-17-27)28-20-19-23-11-7-8-14-25(23)21-28;2*1-2/h1-21,30H,22H2;2*1-2H3. The second-order valence-electron chi connectivity index (χ2n) is 8.56. The molecule has 2 atom stereocenters. The summed E-state index contributed by atoms with van der Waals surface area (Å²) in [5.41, 5.74) is 6.80. The van der Waals surface area contributed by atoms with Crippen molar-refractivity contribution in [3.63, 3.8) is 0 Å². The zero-order valence-corrected chi connectivity index (χ0v) is 21.4. The number of rotatable bonds is 3. The summed E-state index contributed by atoms with van der Waals surface area (Å²) in [5, 5.41) is 2.59. The minimum atomic E-state index is -0.219. The highest BCUT2D eigenvalue weighted by Crippen LogP contribution is 2.56. The van der Waals surface area contributed by atoms with Crippen LogP contribution in [-0.2, 0) is 11.8 Å². The first-order valence-corrected chi connectivity index (χ1v) is 13.1. The smallest absolute Gasteiger partial charge is 0.0525 e. The molecule has 0 heteroatoms. The summed E-state index contributed by atoms with van der Waals surface area (Å²) in [6, 6.07) is 47.0. The lowest BCUT2D eigenvalue weighted by atomic mass is 9.63. The van der Waals surface area contributed by atoms with Crippen molar-refractivity contribution in [3.8, 4) is 0 Å². The molecule has 2 unspecified atom stereocenters. The van der Waals surface area contributed by atoms with Crippen LogP contribution >= 0.6 is 0 Å². The minimum Gasteiger partial charge on any atom is -0.0683 e. The molecule has 0 radical (unpaired) electrons. The van der Waals surface area contributed by atoms with E-state index in [1.54, 1.807) is 0 Å². The van der Waals surface area contributed by atoms with Gasteiger partial charge in [0.25, 0.3) is 0 Å². The largest absolute Gasteiger partial charge is 0.0683 e. The van der Waals surface area contributed by atoms with E-state index < -0.39 is 0 Å². The number of hydrogen-bond donors (Lipinski definition) is 0. The molecular weight excluding hydrogens is 420 g/mol. The van der Waals surface area contributed by atoms with E-state index in [2.05, 4.69) is 127 Å². The van der Waals surface area contributed by atoms with Crippen molar-refractivity contribution in [1.82, 2.24) is 0 Å². The molecule has 0 fully saturated rings. The molecule has 0 aliphatic heterocycles. The molecular formula is C35H36. The van der Waals surface area contributed by atoms with Crippen molar-refractivity contribution < 1.29 is 0 Å². The first-order chi connectivity index (χ1) is 17.4. The zero-order chi connectivity index (χ0) is 24.7. The van der Waals surface area contributed by atoms with Gasteiger partial charge < -0.3 is 0 Å². The molecule has 0 aromatic heterocycles. The van der Waals surface area contributed by atoms with E-state index in [0.717, 1.165) is 6.42 Å². The molecule has 5 aromatic rings. The second-order valence-corrected chi connectivity index (χ2v) is 8.56. The van der Waals surface area contributed by atoms with Crippen molar-refractivity contribution >= 4 is 10.8 Å². The lowest BCUT2D eigenvalue weighted by molar-refractivity contribution is 0.521. The van der Waals surface area contributed by atoms with Crippen LogP contribution in [0.4, 0.5) is 0 Å². The summed E-state index contributed by atoms with van der Waals surface area (Å²) in [7, 11) is 0. The summed E-state index contributed by atoms with van der Waals surface area (Å²) in [6.07, 6.45) is 1.04. The number of fused-ring (bicyclic) bond motifs is 2. The third-order valence-corrected chi connectivity index (χ3v) is 7.02. The lowest BCUT2D eigenvalue weighted by Gasteiger charge is -2.39. The van der Waals surface area contributed by atoms with Gasteiger partial charge in [0.05, 0.1) is 5.41 Å². The fourth-order valence-electron chi connectivity index (χ4n) is 5.71. The molecule has 0 bridgehead atoms. The van der Waals surface area contributed by atoms with Gasteiger partial charge in [0.1, 0.15) is 0 Å². The van der Waals surface area contributed by atoms with Crippen LogP contribution < -0.4 is 0 Å². The Labute approximate surface area is 211 Å². The maximum atomic E-state index is 2.42. The van der Waals surface area contributed by atoms with Crippen LogP contribution in [0.25, 0.3) is 10.8 Å². The van der Waals surface area contributed by atoms with Crippen LogP contribution in [0.3, 0.4) is 0 Å². The van der Waals surface area contributed by atoms with Gasteiger partial charge in [-0.1, -0.05) is 149 Å². The summed E-state index contributed by atoms with van der Waals surface area (Å²) in [6.45, 7) is 8.00. The average Bonchev–Trinajstić information content (AvgIpc) is 3.32. The third-order valence-electron chi connectivity index (χ3n) is 7.02. The summed E-state index contributed by atoms with van der Waals surface area (Å²) < 4.78 is 0. The molecule has 0 nitrogen and oxygen atoms in total. The molecule has 176 valence electrons. The molecule has 0 spiro atoms. The number of benzene rings is 5. The molecule has 0 saturated carbocycles. The highest BCUT2D eigenvalue weighted by Gasteiger charge is 2.49. The van der Waals surface area contributed by atoms with Crippen LogP contribution in [0.1, 0.15) is 61.4 Å². The van der Waals surface area contributed by atoms with Gasteiger partial charge in [-0.15, -0.1) is 0 Å². The van der Waals surface area contributed by atoms with Gasteiger partial charge in [0.2, 0.25) is 0 Å². The highest BCUT2D eigenvalue weighted by atomic mass is 14.5. The Bertz CT molecular complexity index is 1350. The molecule has 0 saturated heterocycles. The van der Waals surface area contributed by atoms with Gasteiger partial charge in [-0.2, -0.15) is 0 Å². The first-order valence-electron chi connectivity index (χ1n) is 13.1. The Morgan fingerprint density at radius 2 is 1.09 bits per heavy atom. The molecule has 6 rings (SSSR count). The quantitative estimate of drug-likeness (QED) is 0.253. The maximum Gasteiger partial charge on any atom is 0.0525 e. The molecule has 0 heterocycles. The predicted molar refractivity (Wildman–Crippen MR) is 152 cm³/mol. The van der Waals surface area contributed by atoms with E-state index in [1.165, 1.54) is 38.6 Å². The Kier molecular flexibility index (Phi) is 7.83. The van der Waals surface area contributed by atoms with Crippen molar-refractivity contribution in [1.29, 1.82) is 0 Å². The SMILES string of the molecule is CC.CC.c1ccc(C2Cc3ccccc3C2(c2ccccc2)c2ccc3ccccc3c2)cc1. The predicted octanol–water partition coefficient (Wildman–Crippen LogP) is 9.57. The van der Waals surface area contributed by atoms with E-state index in [-0.39, 0.29) is 5.41 Å². The molecule has 0 amide bonds. The molecule has 5 aromatic carbocycles. The van der Waals surface area contributed by atoms with Gasteiger partial charge in [0.15, 0.2) is 0 Å². The van der Waals surface area contributed by atoms with Crippen LogP contribution in [-0.4, -0.2) is 0 Å². The second kappa shape index (κ2) is 11.2. The van der Waals surface area contributed by atoms with E-state index in [4.69, 9.17) is 0 Å². The normalized spacial score (nSPS) is 18.0. The zero-order valence-electron chi connectivity index (χ0n) is 21.4. The monoisotopic (exact) mass is 456 g/mol.